The summed E-state index contributed by atoms with van der Waals surface area (Å²) in [5, 5.41) is 3.31. The molecule has 1 amide bonds. The highest BCUT2D eigenvalue weighted by Gasteiger charge is 2.30. The van der Waals surface area contributed by atoms with E-state index < -0.39 is 0 Å². The molecule has 4 rings (SSSR count). The smallest absolute Gasteiger partial charge is 0.416 e. The van der Waals surface area contributed by atoms with Gasteiger partial charge in [0.25, 0.3) is 7.41 Å². The molecule has 1 saturated heterocycles. The van der Waals surface area contributed by atoms with Crippen LogP contribution in [0.15, 0.2) is 30.5 Å². The minimum atomic E-state index is -0.390. The number of carbonyl (C=O) groups is 2. The minimum absolute atomic E-state index is 0.0336. The van der Waals surface area contributed by atoms with E-state index in [1.807, 2.05) is 45.0 Å². The van der Waals surface area contributed by atoms with Gasteiger partial charge >= 0.3 is 6.09 Å². The van der Waals surface area contributed by atoms with Gasteiger partial charge in [0.05, 0.1) is 24.4 Å². The molecule has 1 aromatic carbocycles. The fourth-order valence-corrected chi connectivity index (χ4v) is 3.91. The first-order valence-electron chi connectivity index (χ1n) is 10.9. The van der Waals surface area contributed by atoms with Crippen molar-refractivity contribution < 1.29 is 19.1 Å². The van der Waals surface area contributed by atoms with E-state index in [2.05, 4.69) is 20.1 Å². The molecule has 0 aliphatic carbocycles. The highest BCUT2D eigenvalue weighted by molar-refractivity contribution is 6.64. The molecule has 2 aliphatic heterocycles. The number of hydrogen-bond acceptors (Lipinski definition) is 8. The third-order valence-electron chi connectivity index (χ3n) is 5.71. The quantitative estimate of drug-likeness (QED) is 0.472. The second kappa shape index (κ2) is 9.56. The summed E-state index contributed by atoms with van der Waals surface area (Å²) in [6.45, 7) is 8.52. The summed E-state index contributed by atoms with van der Waals surface area (Å²) in [6, 6.07) is 7.85. The molecular weight excluding hydrogens is 409 g/mol. The Labute approximate surface area is 188 Å². The number of rotatable bonds is 9. The molecule has 168 valence electrons. The zero-order chi connectivity index (χ0) is 22.7. The lowest BCUT2D eigenvalue weighted by molar-refractivity contribution is 0.130. The highest BCUT2D eigenvalue weighted by Crippen LogP contribution is 2.28. The molecule has 1 atom stereocenters. The van der Waals surface area contributed by atoms with Crippen LogP contribution in [0.25, 0.3) is 0 Å². The van der Waals surface area contributed by atoms with Crippen LogP contribution >= 0.6 is 0 Å². The van der Waals surface area contributed by atoms with Crippen LogP contribution in [0.5, 0.6) is 5.75 Å². The molecule has 2 aliphatic rings. The van der Waals surface area contributed by atoms with Crippen molar-refractivity contribution in [3.05, 3.63) is 41.6 Å². The zero-order valence-electron chi connectivity index (χ0n) is 18.7. The van der Waals surface area contributed by atoms with Gasteiger partial charge in [0.2, 0.25) is 5.95 Å². The van der Waals surface area contributed by atoms with Crippen LogP contribution in [0.2, 0.25) is 0 Å². The molecule has 0 radical (unpaired) electrons. The maximum atomic E-state index is 12.1. The van der Waals surface area contributed by atoms with Gasteiger partial charge in [-0.25, -0.2) is 9.78 Å². The van der Waals surface area contributed by atoms with Crippen LogP contribution in [0.3, 0.4) is 0 Å². The molecule has 1 aromatic heterocycles. The Bertz CT molecular complexity index is 965. The standard InChI is InChI=1S/C22H28BN5O4/c1-14(2)28-20-18(12-32-22(28)30)8-24-21(26-20)25-15(3)17-4-6-19(7-5-17)31-11-16-9-27(10-16)23-13-29/h4-8,13-16,23H,9-12H2,1-3H3,(H,24,25,26)/t15-/m0/s1. The van der Waals surface area contributed by atoms with Crippen molar-refractivity contribution in [3.63, 3.8) is 0 Å². The van der Waals surface area contributed by atoms with E-state index in [1.54, 1.807) is 11.1 Å². The van der Waals surface area contributed by atoms with Crippen LogP contribution < -0.4 is 15.0 Å². The van der Waals surface area contributed by atoms with E-state index in [1.165, 1.54) is 0 Å². The van der Waals surface area contributed by atoms with Crippen molar-refractivity contribution in [2.45, 2.75) is 39.5 Å². The SMILES string of the molecule is CC(C)N1C(=O)OCc2cnc(N[C@@H](C)c3ccc(OCC4CN(BC=O)C4)cc3)nc21. The number of fused-ring (bicyclic) bond motifs is 1. The van der Waals surface area contributed by atoms with Gasteiger partial charge in [0.15, 0.2) is 0 Å². The molecule has 0 bridgehead atoms. The summed E-state index contributed by atoms with van der Waals surface area (Å²) in [6.07, 6.45) is 2.25. The Morgan fingerprint density at radius 2 is 2.03 bits per heavy atom. The summed E-state index contributed by atoms with van der Waals surface area (Å²) < 4.78 is 11.1. The first-order valence-corrected chi connectivity index (χ1v) is 10.9. The second-order valence-electron chi connectivity index (χ2n) is 8.56. The number of benzene rings is 1. The molecule has 0 unspecified atom stereocenters. The minimum Gasteiger partial charge on any atom is -0.493 e. The van der Waals surface area contributed by atoms with Crippen molar-refractivity contribution in [1.29, 1.82) is 0 Å². The predicted octanol–water partition coefficient (Wildman–Crippen LogP) is 2.37. The maximum Gasteiger partial charge on any atom is 0.416 e. The molecule has 1 fully saturated rings. The lowest BCUT2D eigenvalue weighted by Crippen LogP contribution is -2.51. The predicted molar refractivity (Wildman–Crippen MR) is 123 cm³/mol. The lowest BCUT2D eigenvalue weighted by Gasteiger charge is -2.37. The number of ether oxygens (including phenoxy) is 2. The van der Waals surface area contributed by atoms with Crippen molar-refractivity contribution >= 4 is 31.5 Å². The molecule has 10 heteroatoms. The monoisotopic (exact) mass is 437 g/mol. The molecule has 0 saturated carbocycles. The van der Waals surface area contributed by atoms with Crippen LogP contribution in [0, 0.1) is 5.92 Å². The first-order chi connectivity index (χ1) is 15.4. The number of cyclic esters (lactones) is 1. The third kappa shape index (κ3) is 4.85. The van der Waals surface area contributed by atoms with E-state index in [9.17, 15) is 9.59 Å². The number of nitrogens with zero attached hydrogens (tertiary/aromatic N) is 4. The fraction of sp³-hybridized carbons (Fsp3) is 0.455. The van der Waals surface area contributed by atoms with Gasteiger partial charge < -0.3 is 24.4 Å². The van der Waals surface area contributed by atoms with Gasteiger partial charge in [-0.1, -0.05) is 12.1 Å². The number of carbonyl (C=O) groups excluding carboxylic acids is 2. The molecule has 1 N–H and O–H groups in total. The number of aromatic nitrogens is 2. The van der Waals surface area contributed by atoms with E-state index in [0.29, 0.717) is 31.7 Å². The van der Waals surface area contributed by atoms with Gasteiger partial charge in [-0.3, -0.25) is 4.90 Å². The van der Waals surface area contributed by atoms with Crippen LogP contribution in [0.1, 0.15) is 37.9 Å². The van der Waals surface area contributed by atoms with Gasteiger partial charge in [0.1, 0.15) is 18.2 Å². The number of nitrogens with one attached hydrogen (secondary N) is 1. The van der Waals surface area contributed by atoms with Crippen LogP contribution in [0.4, 0.5) is 16.6 Å². The molecule has 9 nitrogen and oxygen atoms in total. The third-order valence-corrected chi connectivity index (χ3v) is 5.71. The zero-order valence-corrected chi connectivity index (χ0v) is 18.7. The Balaban J connectivity index is 1.34. The Morgan fingerprint density at radius 1 is 1.28 bits per heavy atom. The average molecular weight is 437 g/mol. The van der Waals surface area contributed by atoms with Crippen molar-refractivity contribution in [1.82, 2.24) is 14.8 Å². The molecule has 3 heterocycles. The summed E-state index contributed by atoms with van der Waals surface area (Å²) in [5.41, 5.74) is 1.86. The molecular formula is C22H28BN5O4. The summed E-state index contributed by atoms with van der Waals surface area (Å²) in [5.74, 6) is 2.35. The second-order valence-corrected chi connectivity index (χ2v) is 8.56. The van der Waals surface area contributed by atoms with Crippen molar-refractivity contribution in [2.75, 3.05) is 29.9 Å². The summed E-state index contributed by atoms with van der Waals surface area (Å²) >= 11 is 0. The largest absolute Gasteiger partial charge is 0.493 e. The number of amides is 1. The molecule has 32 heavy (non-hydrogen) atoms. The first kappa shape index (κ1) is 22.1. The Hall–Kier alpha value is -3.14. The van der Waals surface area contributed by atoms with Gasteiger partial charge in [-0.05, 0) is 51.6 Å². The Kier molecular flexibility index (Phi) is 6.59. The van der Waals surface area contributed by atoms with E-state index in [0.717, 1.165) is 36.2 Å². The maximum absolute atomic E-state index is 12.1. The average Bonchev–Trinajstić information content (AvgIpc) is 2.75. The lowest BCUT2D eigenvalue weighted by atomic mass is 9.85. The van der Waals surface area contributed by atoms with Crippen LogP contribution in [-0.4, -0.2) is 60.2 Å². The van der Waals surface area contributed by atoms with Crippen molar-refractivity contribution in [2.24, 2.45) is 5.92 Å². The molecule has 2 aromatic rings. The molecule has 0 spiro atoms. The van der Waals surface area contributed by atoms with Crippen molar-refractivity contribution in [3.8, 4) is 5.75 Å². The summed E-state index contributed by atoms with van der Waals surface area (Å²) in [7, 11) is 0.504. The Morgan fingerprint density at radius 3 is 2.72 bits per heavy atom. The number of anilines is 2. The van der Waals surface area contributed by atoms with E-state index in [4.69, 9.17) is 9.47 Å². The summed E-state index contributed by atoms with van der Waals surface area (Å²) in [4.78, 5) is 35.3. The van der Waals surface area contributed by atoms with E-state index in [-0.39, 0.29) is 24.8 Å². The van der Waals surface area contributed by atoms with E-state index >= 15 is 0 Å². The topological polar surface area (TPSA) is 96.9 Å². The van der Waals surface area contributed by atoms with Crippen LogP contribution in [-0.2, 0) is 16.1 Å². The fourth-order valence-electron chi connectivity index (χ4n) is 3.91. The van der Waals surface area contributed by atoms with Gasteiger partial charge in [-0.2, -0.15) is 4.98 Å². The number of hydrogen-bond donors (Lipinski definition) is 1. The highest BCUT2D eigenvalue weighted by atomic mass is 16.6. The van der Waals surface area contributed by atoms with Gasteiger partial charge in [-0.15, -0.1) is 0 Å². The normalized spacial score (nSPS) is 17.2. The van der Waals surface area contributed by atoms with Gasteiger partial charge in [0, 0.05) is 18.2 Å².